The smallest absolute Gasteiger partial charge is 0.308 e. The zero-order valence-electron chi connectivity index (χ0n) is 12.6. The third-order valence-electron chi connectivity index (χ3n) is 4.31. The van der Waals surface area contributed by atoms with Crippen LogP contribution in [0.5, 0.6) is 0 Å². The van der Waals surface area contributed by atoms with E-state index in [9.17, 15) is 4.79 Å². The standard InChI is InChI=1S/C16H28O4/c1-2-18-15(17)12-14(13-8-4-3-5-9-13)20-16-10-6-7-11-19-16/h13-14,16H,2-12H2,1H3/t14-,16?/m0/s1. The summed E-state index contributed by atoms with van der Waals surface area (Å²) in [4.78, 5) is 11.8. The van der Waals surface area contributed by atoms with E-state index in [2.05, 4.69) is 0 Å². The highest BCUT2D eigenvalue weighted by Crippen LogP contribution is 2.31. The molecule has 1 saturated heterocycles. The van der Waals surface area contributed by atoms with Gasteiger partial charge in [0.05, 0.1) is 19.1 Å². The van der Waals surface area contributed by atoms with Crippen molar-refractivity contribution in [2.24, 2.45) is 5.92 Å². The Hall–Kier alpha value is -0.610. The maximum Gasteiger partial charge on any atom is 0.308 e. The molecule has 0 N–H and O–H groups in total. The van der Waals surface area contributed by atoms with Gasteiger partial charge in [0, 0.05) is 6.61 Å². The highest BCUT2D eigenvalue weighted by Gasteiger charge is 2.30. The van der Waals surface area contributed by atoms with Gasteiger partial charge in [-0.1, -0.05) is 19.3 Å². The molecule has 0 aromatic rings. The van der Waals surface area contributed by atoms with Gasteiger partial charge in [0.25, 0.3) is 0 Å². The minimum absolute atomic E-state index is 0.0301. The van der Waals surface area contributed by atoms with Gasteiger partial charge in [-0.25, -0.2) is 0 Å². The highest BCUT2D eigenvalue weighted by atomic mass is 16.7. The topological polar surface area (TPSA) is 44.8 Å². The zero-order valence-corrected chi connectivity index (χ0v) is 12.6. The van der Waals surface area contributed by atoms with Crippen LogP contribution >= 0.6 is 0 Å². The van der Waals surface area contributed by atoms with Crippen LogP contribution in [0.1, 0.15) is 64.7 Å². The second-order valence-electron chi connectivity index (χ2n) is 5.88. The predicted molar refractivity (Wildman–Crippen MR) is 76.3 cm³/mol. The molecule has 1 unspecified atom stereocenters. The third-order valence-corrected chi connectivity index (χ3v) is 4.31. The van der Waals surface area contributed by atoms with Gasteiger partial charge >= 0.3 is 5.97 Å². The lowest BCUT2D eigenvalue weighted by Crippen LogP contribution is -2.35. The van der Waals surface area contributed by atoms with Crippen molar-refractivity contribution in [1.82, 2.24) is 0 Å². The first-order valence-electron chi connectivity index (χ1n) is 8.22. The Morgan fingerprint density at radius 1 is 1.15 bits per heavy atom. The van der Waals surface area contributed by atoms with Gasteiger partial charge < -0.3 is 14.2 Å². The van der Waals surface area contributed by atoms with Crippen LogP contribution in [0.25, 0.3) is 0 Å². The number of carbonyl (C=O) groups excluding carboxylic acids is 1. The summed E-state index contributed by atoms with van der Waals surface area (Å²) < 4.78 is 16.9. The van der Waals surface area contributed by atoms with Gasteiger partial charge in [-0.15, -0.1) is 0 Å². The van der Waals surface area contributed by atoms with Crippen molar-refractivity contribution in [2.45, 2.75) is 77.1 Å². The number of esters is 1. The molecular formula is C16H28O4. The summed E-state index contributed by atoms with van der Waals surface area (Å²) in [6.45, 7) is 3.07. The molecule has 116 valence electrons. The first-order valence-corrected chi connectivity index (χ1v) is 8.22. The van der Waals surface area contributed by atoms with Crippen LogP contribution in [0.4, 0.5) is 0 Å². The summed E-state index contributed by atoms with van der Waals surface area (Å²) in [6.07, 6.45) is 9.58. The van der Waals surface area contributed by atoms with Crippen molar-refractivity contribution in [3.8, 4) is 0 Å². The van der Waals surface area contributed by atoms with Crippen LogP contribution in [-0.2, 0) is 19.0 Å². The van der Waals surface area contributed by atoms with E-state index >= 15 is 0 Å². The van der Waals surface area contributed by atoms with Crippen molar-refractivity contribution in [3.05, 3.63) is 0 Å². The van der Waals surface area contributed by atoms with E-state index in [0.29, 0.717) is 18.9 Å². The molecule has 2 rings (SSSR count). The number of ether oxygens (including phenoxy) is 3. The zero-order chi connectivity index (χ0) is 14.2. The Kier molecular flexibility index (Phi) is 6.80. The maximum absolute atomic E-state index is 11.8. The fraction of sp³-hybridized carbons (Fsp3) is 0.938. The summed E-state index contributed by atoms with van der Waals surface area (Å²) in [5.41, 5.74) is 0. The lowest BCUT2D eigenvalue weighted by atomic mass is 9.84. The largest absolute Gasteiger partial charge is 0.466 e. The second kappa shape index (κ2) is 8.63. The van der Waals surface area contributed by atoms with E-state index in [0.717, 1.165) is 38.7 Å². The fourth-order valence-corrected chi connectivity index (χ4v) is 3.23. The van der Waals surface area contributed by atoms with E-state index in [1.165, 1.54) is 19.3 Å². The molecule has 2 atom stereocenters. The number of carbonyl (C=O) groups is 1. The summed E-state index contributed by atoms with van der Waals surface area (Å²) in [6, 6.07) is 0. The Bertz CT molecular complexity index is 280. The average Bonchev–Trinajstić information content (AvgIpc) is 2.49. The molecular weight excluding hydrogens is 256 g/mol. The van der Waals surface area contributed by atoms with Crippen LogP contribution in [0, 0.1) is 5.92 Å². The number of hydrogen-bond acceptors (Lipinski definition) is 4. The summed E-state index contributed by atoms with van der Waals surface area (Å²) in [5.74, 6) is 0.345. The van der Waals surface area contributed by atoms with Crippen molar-refractivity contribution < 1.29 is 19.0 Å². The molecule has 0 aromatic heterocycles. The average molecular weight is 284 g/mol. The van der Waals surface area contributed by atoms with Crippen LogP contribution in [-0.4, -0.2) is 31.6 Å². The summed E-state index contributed by atoms with van der Waals surface area (Å²) >= 11 is 0. The van der Waals surface area contributed by atoms with Crippen LogP contribution < -0.4 is 0 Å². The highest BCUT2D eigenvalue weighted by molar-refractivity contribution is 5.70. The lowest BCUT2D eigenvalue weighted by molar-refractivity contribution is -0.204. The molecule has 1 aliphatic carbocycles. The Balaban J connectivity index is 1.88. The van der Waals surface area contributed by atoms with E-state index in [4.69, 9.17) is 14.2 Å². The molecule has 1 saturated carbocycles. The van der Waals surface area contributed by atoms with Crippen LogP contribution in [0.15, 0.2) is 0 Å². The fourth-order valence-electron chi connectivity index (χ4n) is 3.23. The third kappa shape index (κ3) is 5.06. The Labute approximate surface area is 122 Å². The van der Waals surface area contributed by atoms with E-state index < -0.39 is 0 Å². The van der Waals surface area contributed by atoms with E-state index in [1.54, 1.807) is 0 Å². The van der Waals surface area contributed by atoms with Crippen LogP contribution in [0.2, 0.25) is 0 Å². The normalized spacial score (nSPS) is 26.1. The molecule has 0 radical (unpaired) electrons. The number of hydrogen-bond donors (Lipinski definition) is 0. The lowest BCUT2D eigenvalue weighted by Gasteiger charge is -2.33. The first kappa shape index (κ1) is 15.8. The summed E-state index contributed by atoms with van der Waals surface area (Å²) in [5, 5.41) is 0. The van der Waals surface area contributed by atoms with Crippen molar-refractivity contribution in [1.29, 1.82) is 0 Å². The van der Waals surface area contributed by atoms with Gasteiger partial charge in [-0.05, 0) is 44.9 Å². The molecule has 0 aromatic carbocycles. The minimum atomic E-state index is -0.140. The maximum atomic E-state index is 11.8. The molecule has 0 amide bonds. The molecule has 20 heavy (non-hydrogen) atoms. The molecule has 2 aliphatic rings. The summed E-state index contributed by atoms with van der Waals surface area (Å²) in [7, 11) is 0. The predicted octanol–water partition coefficient (Wildman–Crippen LogP) is 3.43. The van der Waals surface area contributed by atoms with Gasteiger partial charge in [0.15, 0.2) is 6.29 Å². The van der Waals surface area contributed by atoms with Gasteiger partial charge in [0.2, 0.25) is 0 Å². The molecule has 1 aliphatic heterocycles. The molecule has 1 heterocycles. The Morgan fingerprint density at radius 3 is 2.55 bits per heavy atom. The Morgan fingerprint density at radius 2 is 1.90 bits per heavy atom. The van der Waals surface area contributed by atoms with Gasteiger partial charge in [0.1, 0.15) is 0 Å². The molecule has 2 fully saturated rings. The number of rotatable bonds is 6. The van der Waals surface area contributed by atoms with Crippen molar-refractivity contribution in [2.75, 3.05) is 13.2 Å². The quantitative estimate of drug-likeness (QED) is 0.701. The monoisotopic (exact) mass is 284 g/mol. The molecule has 0 bridgehead atoms. The molecule has 0 spiro atoms. The van der Waals surface area contributed by atoms with Crippen molar-refractivity contribution in [3.63, 3.8) is 0 Å². The van der Waals surface area contributed by atoms with Gasteiger partial charge in [-0.2, -0.15) is 0 Å². The first-order chi connectivity index (χ1) is 9.79. The van der Waals surface area contributed by atoms with Crippen molar-refractivity contribution >= 4 is 5.97 Å². The second-order valence-corrected chi connectivity index (χ2v) is 5.88. The molecule has 4 heteroatoms. The van der Waals surface area contributed by atoms with Crippen LogP contribution in [0.3, 0.4) is 0 Å². The molecule has 4 nitrogen and oxygen atoms in total. The van der Waals surface area contributed by atoms with Gasteiger partial charge in [-0.3, -0.25) is 4.79 Å². The van der Waals surface area contributed by atoms with E-state index in [1.807, 2.05) is 6.92 Å². The minimum Gasteiger partial charge on any atom is -0.466 e. The SMILES string of the molecule is CCOC(=O)C[C@H](OC1CCCCO1)C1CCCCC1. The van der Waals surface area contributed by atoms with E-state index in [-0.39, 0.29) is 18.4 Å².